The number of nitrogens with zero attached hydrogens (tertiary/aromatic N) is 1. The van der Waals surface area contributed by atoms with Crippen molar-refractivity contribution in [3.63, 3.8) is 0 Å². The van der Waals surface area contributed by atoms with Crippen molar-refractivity contribution in [1.82, 2.24) is 5.32 Å². The molecule has 1 aromatic carbocycles. The first-order valence-corrected chi connectivity index (χ1v) is 6.67. The first-order chi connectivity index (χ1) is 8.63. The van der Waals surface area contributed by atoms with Gasteiger partial charge in [0.05, 0.1) is 6.54 Å². The Morgan fingerprint density at radius 1 is 1.50 bits per heavy atom. The van der Waals surface area contributed by atoms with Crippen molar-refractivity contribution in [3.8, 4) is 12.3 Å². The van der Waals surface area contributed by atoms with Gasteiger partial charge in [0.2, 0.25) is 0 Å². The van der Waals surface area contributed by atoms with Crippen LogP contribution in [0.1, 0.15) is 31.9 Å². The lowest BCUT2D eigenvalue weighted by Crippen LogP contribution is -2.24. The minimum absolute atomic E-state index is 0.249. The molecule has 0 aromatic heterocycles. The van der Waals surface area contributed by atoms with E-state index in [0.717, 1.165) is 29.2 Å². The molecule has 1 atom stereocenters. The summed E-state index contributed by atoms with van der Waals surface area (Å²) in [4.78, 5) is 2.17. The zero-order chi connectivity index (χ0) is 13.5. The van der Waals surface area contributed by atoms with Crippen molar-refractivity contribution in [2.45, 2.75) is 26.3 Å². The second-order valence-electron chi connectivity index (χ2n) is 4.34. The summed E-state index contributed by atoms with van der Waals surface area (Å²) in [7, 11) is 1.93. The molecule has 0 fully saturated rings. The van der Waals surface area contributed by atoms with Gasteiger partial charge in [-0.05, 0) is 38.1 Å². The molecule has 0 saturated carbocycles. The van der Waals surface area contributed by atoms with E-state index in [1.54, 1.807) is 0 Å². The van der Waals surface area contributed by atoms with Crippen molar-refractivity contribution < 1.29 is 0 Å². The smallest absolute Gasteiger partial charge is 0.0791 e. The normalized spacial score (nSPS) is 11.9. The van der Waals surface area contributed by atoms with Crippen LogP contribution >= 0.6 is 11.6 Å². The van der Waals surface area contributed by atoms with Crippen molar-refractivity contribution in [1.29, 1.82) is 0 Å². The third-order valence-corrected chi connectivity index (χ3v) is 3.35. The largest absolute Gasteiger partial charge is 0.360 e. The number of halogens is 1. The lowest BCUT2D eigenvalue weighted by atomic mass is 10.1. The molecule has 1 unspecified atom stereocenters. The lowest BCUT2D eigenvalue weighted by Gasteiger charge is -2.23. The molecule has 3 heteroatoms. The fraction of sp³-hybridized carbons (Fsp3) is 0.467. The molecule has 0 saturated heterocycles. The molecular formula is C15H21ClN2. The highest BCUT2D eigenvalue weighted by Gasteiger charge is 2.10. The van der Waals surface area contributed by atoms with Gasteiger partial charge in [-0.2, -0.15) is 0 Å². The van der Waals surface area contributed by atoms with Crippen LogP contribution < -0.4 is 10.2 Å². The number of terminal acetylenes is 1. The van der Waals surface area contributed by atoms with Gasteiger partial charge in [0.25, 0.3) is 0 Å². The van der Waals surface area contributed by atoms with Gasteiger partial charge in [-0.3, -0.25) is 0 Å². The molecule has 98 valence electrons. The Hall–Kier alpha value is -1.17. The molecule has 1 rings (SSSR count). The van der Waals surface area contributed by atoms with Crippen LogP contribution in [0.5, 0.6) is 0 Å². The summed E-state index contributed by atoms with van der Waals surface area (Å²) in [6, 6.07) is 6.40. The van der Waals surface area contributed by atoms with E-state index >= 15 is 0 Å². The van der Waals surface area contributed by atoms with Crippen molar-refractivity contribution in [2.75, 3.05) is 25.0 Å². The average Bonchev–Trinajstić information content (AvgIpc) is 2.37. The summed E-state index contributed by atoms with van der Waals surface area (Å²) in [5, 5.41) is 3.98. The van der Waals surface area contributed by atoms with Gasteiger partial charge in [0, 0.05) is 23.3 Å². The Labute approximate surface area is 115 Å². The molecule has 0 heterocycles. The third-order valence-electron chi connectivity index (χ3n) is 3.02. The van der Waals surface area contributed by atoms with Gasteiger partial charge in [0.15, 0.2) is 0 Å². The fourth-order valence-electron chi connectivity index (χ4n) is 1.90. The quantitative estimate of drug-likeness (QED) is 0.792. The minimum atomic E-state index is 0.249. The Morgan fingerprint density at radius 3 is 2.72 bits per heavy atom. The van der Waals surface area contributed by atoms with Crippen LogP contribution in [-0.4, -0.2) is 20.1 Å². The molecule has 0 aliphatic carbocycles. The molecule has 18 heavy (non-hydrogen) atoms. The second kappa shape index (κ2) is 7.31. The molecular weight excluding hydrogens is 244 g/mol. The molecule has 0 spiro atoms. The monoisotopic (exact) mass is 264 g/mol. The maximum atomic E-state index is 6.33. The van der Waals surface area contributed by atoms with Crippen LogP contribution in [0.3, 0.4) is 0 Å². The van der Waals surface area contributed by atoms with E-state index < -0.39 is 0 Å². The standard InChI is InChI=1S/C15H21ClN2/c1-5-9-18(10-6-2)13-7-8-14(12(3)17-4)15(16)11-13/h1,7-8,11-12,17H,6,9-10H2,2-4H3. The topological polar surface area (TPSA) is 15.3 Å². The highest BCUT2D eigenvalue weighted by Crippen LogP contribution is 2.27. The summed E-state index contributed by atoms with van der Waals surface area (Å²) in [5.74, 6) is 2.69. The summed E-state index contributed by atoms with van der Waals surface area (Å²) in [6.45, 7) is 5.79. The van der Waals surface area contributed by atoms with Gasteiger partial charge in [0.1, 0.15) is 0 Å². The van der Waals surface area contributed by atoms with Gasteiger partial charge in [-0.1, -0.05) is 30.5 Å². The molecule has 0 amide bonds. The van der Waals surface area contributed by atoms with E-state index in [-0.39, 0.29) is 6.04 Å². The number of anilines is 1. The van der Waals surface area contributed by atoms with Crippen LogP contribution in [0.4, 0.5) is 5.69 Å². The Morgan fingerprint density at radius 2 is 2.22 bits per heavy atom. The first kappa shape index (κ1) is 14.9. The Kier molecular flexibility index (Phi) is 6.04. The third kappa shape index (κ3) is 3.66. The van der Waals surface area contributed by atoms with Crippen LogP contribution in [-0.2, 0) is 0 Å². The van der Waals surface area contributed by atoms with Crippen LogP contribution in [0, 0.1) is 12.3 Å². The van der Waals surface area contributed by atoms with Gasteiger partial charge < -0.3 is 10.2 Å². The molecule has 1 N–H and O–H groups in total. The number of hydrogen-bond donors (Lipinski definition) is 1. The SMILES string of the molecule is C#CCN(CCC)c1ccc(C(C)NC)c(Cl)c1. The van der Waals surface area contributed by atoms with Crippen LogP contribution in [0.25, 0.3) is 0 Å². The molecule has 0 radical (unpaired) electrons. The van der Waals surface area contributed by atoms with E-state index in [9.17, 15) is 0 Å². The number of rotatable bonds is 6. The maximum absolute atomic E-state index is 6.33. The van der Waals surface area contributed by atoms with Crippen molar-refractivity contribution >= 4 is 17.3 Å². The number of nitrogens with one attached hydrogen (secondary N) is 1. The van der Waals surface area contributed by atoms with E-state index in [1.807, 2.05) is 13.1 Å². The van der Waals surface area contributed by atoms with Gasteiger partial charge in [-0.15, -0.1) is 6.42 Å². The summed E-state index contributed by atoms with van der Waals surface area (Å²) >= 11 is 6.33. The van der Waals surface area contributed by atoms with Crippen LogP contribution in [0.15, 0.2) is 18.2 Å². The predicted octanol–water partition coefficient (Wildman–Crippen LogP) is 3.47. The highest BCUT2D eigenvalue weighted by atomic mass is 35.5. The zero-order valence-electron chi connectivity index (χ0n) is 11.3. The number of benzene rings is 1. The van der Waals surface area contributed by atoms with Crippen LogP contribution in [0.2, 0.25) is 5.02 Å². The zero-order valence-corrected chi connectivity index (χ0v) is 12.1. The number of hydrogen-bond acceptors (Lipinski definition) is 2. The van der Waals surface area contributed by atoms with Gasteiger partial charge in [-0.25, -0.2) is 0 Å². The molecule has 2 nitrogen and oxygen atoms in total. The fourth-order valence-corrected chi connectivity index (χ4v) is 2.24. The maximum Gasteiger partial charge on any atom is 0.0791 e. The highest BCUT2D eigenvalue weighted by molar-refractivity contribution is 6.31. The Bertz CT molecular complexity index is 423. The predicted molar refractivity (Wildman–Crippen MR) is 80.3 cm³/mol. The molecule has 1 aromatic rings. The van der Waals surface area contributed by atoms with Crippen molar-refractivity contribution in [2.24, 2.45) is 0 Å². The molecule has 0 aliphatic heterocycles. The van der Waals surface area contributed by atoms with E-state index in [2.05, 4.69) is 42.1 Å². The van der Waals surface area contributed by atoms with E-state index in [1.165, 1.54) is 0 Å². The summed E-state index contributed by atoms with van der Waals surface area (Å²) in [6.07, 6.45) is 6.46. The Balaban J connectivity index is 2.98. The molecule has 0 bridgehead atoms. The molecule has 0 aliphatic rings. The van der Waals surface area contributed by atoms with Crippen molar-refractivity contribution in [3.05, 3.63) is 28.8 Å². The van der Waals surface area contributed by atoms with E-state index in [4.69, 9.17) is 18.0 Å². The lowest BCUT2D eigenvalue weighted by molar-refractivity contribution is 0.652. The van der Waals surface area contributed by atoms with Gasteiger partial charge >= 0.3 is 0 Å². The van der Waals surface area contributed by atoms with E-state index in [0.29, 0.717) is 6.54 Å². The second-order valence-corrected chi connectivity index (χ2v) is 4.75. The first-order valence-electron chi connectivity index (χ1n) is 6.29. The summed E-state index contributed by atoms with van der Waals surface area (Å²) < 4.78 is 0. The minimum Gasteiger partial charge on any atom is -0.360 e. The average molecular weight is 265 g/mol. The summed E-state index contributed by atoms with van der Waals surface area (Å²) in [5.41, 5.74) is 2.20.